The highest BCUT2D eigenvalue weighted by Crippen LogP contribution is 2.39. The summed E-state index contributed by atoms with van der Waals surface area (Å²) in [6, 6.07) is 10.5. The van der Waals surface area contributed by atoms with Gasteiger partial charge in [-0.3, -0.25) is 9.30 Å². The van der Waals surface area contributed by atoms with E-state index in [2.05, 4.69) is 10.2 Å². The van der Waals surface area contributed by atoms with Gasteiger partial charge >= 0.3 is 6.18 Å². The molecule has 3 N–H and O–H groups in total. The van der Waals surface area contributed by atoms with Crippen molar-refractivity contribution in [3.05, 3.63) is 54.2 Å². The lowest BCUT2D eigenvalue weighted by atomic mass is 10.1. The Labute approximate surface area is 209 Å². The molecular formula is C23H24ClF3N6OS. The normalized spacial score (nSPS) is 17.7. The molecule has 0 spiro atoms. The number of benzene rings is 1. The highest BCUT2D eigenvalue weighted by Gasteiger charge is 2.46. The van der Waals surface area contributed by atoms with Crippen LogP contribution in [0.1, 0.15) is 18.0 Å². The first-order valence-corrected chi connectivity index (χ1v) is 11.9. The lowest BCUT2D eigenvalue weighted by molar-refractivity contribution is -0.183. The molecule has 0 radical (unpaired) electrons. The van der Waals surface area contributed by atoms with Crippen LogP contribution in [0.2, 0.25) is 0 Å². The zero-order valence-corrected chi connectivity index (χ0v) is 20.2. The van der Waals surface area contributed by atoms with Crippen LogP contribution in [-0.2, 0) is 0 Å². The second-order valence-electron chi connectivity index (χ2n) is 8.33. The van der Waals surface area contributed by atoms with Crippen molar-refractivity contribution in [1.29, 1.82) is 0 Å². The molecule has 186 valence electrons. The van der Waals surface area contributed by atoms with E-state index in [0.717, 1.165) is 15.8 Å². The van der Waals surface area contributed by atoms with Gasteiger partial charge in [0.05, 0.1) is 12.1 Å². The van der Waals surface area contributed by atoms with E-state index in [9.17, 15) is 13.2 Å². The van der Waals surface area contributed by atoms with Crippen molar-refractivity contribution in [2.45, 2.75) is 29.6 Å². The van der Waals surface area contributed by atoms with Crippen LogP contribution in [0.3, 0.4) is 0 Å². The molecule has 1 saturated heterocycles. The largest absolute Gasteiger partial charge is 0.408 e. The molecule has 1 aromatic carbocycles. The summed E-state index contributed by atoms with van der Waals surface area (Å²) in [5.41, 5.74) is 7.67. The molecule has 4 aromatic rings. The number of aliphatic hydroxyl groups is 1. The standard InChI is InChI=1S/C23H23F3N6OS.ClH/c24-23(25,26)21(31-8-7-16(27)13-31)15-3-6-20-29-30-22(32(20)12-15)18-5-2-14-1-4-17(34-10-9-33)11-19(14)28-18;/h1-6,11-12,16,21,33H,7-10,13,27H2;1H/t16?,21-;/m1./s1. The minimum absolute atomic E-state index is 0. The number of nitrogens with zero attached hydrogens (tertiary/aromatic N) is 5. The number of likely N-dealkylation sites (tertiary alicyclic amines) is 1. The molecule has 35 heavy (non-hydrogen) atoms. The number of alkyl halides is 3. The van der Waals surface area contributed by atoms with Gasteiger partial charge in [0.1, 0.15) is 11.7 Å². The fourth-order valence-electron chi connectivity index (χ4n) is 4.38. The molecule has 1 unspecified atom stereocenters. The fraction of sp³-hybridized carbons (Fsp3) is 0.348. The van der Waals surface area contributed by atoms with E-state index in [-0.39, 0.29) is 37.2 Å². The van der Waals surface area contributed by atoms with Gasteiger partial charge in [-0.25, -0.2) is 4.98 Å². The first-order valence-electron chi connectivity index (χ1n) is 10.9. The maximum absolute atomic E-state index is 14.1. The van der Waals surface area contributed by atoms with Gasteiger partial charge in [0.2, 0.25) is 0 Å². The highest BCUT2D eigenvalue weighted by atomic mass is 35.5. The van der Waals surface area contributed by atoms with Gasteiger partial charge in [-0.2, -0.15) is 13.2 Å². The van der Waals surface area contributed by atoms with E-state index in [0.29, 0.717) is 35.9 Å². The zero-order valence-electron chi connectivity index (χ0n) is 18.5. The van der Waals surface area contributed by atoms with E-state index in [4.69, 9.17) is 15.8 Å². The number of fused-ring (bicyclic) bond motifs is 2. The van der Waals surface area contributed by atoms with Crippen LogP contribution >= 0.6 is 24.2 Å². The number of aromatic nitrogens is 4. The average molecular weight is 525 g/mol. The molecular weight excluding hydrogens is 501 g/mol. The monoisotopic (exact) mass is 524 g/mol. The number of nitrogens with two attached hydrogens (primary N) is 1. The highest BCUT2D eigenvalue weighted by molar-refractivity contribution is 7.99. The van der Waals surface area contributed by atoms with E-state index < -0.39 is 12.2 Å². The van der Waals surface area contributed by atoms with Gasteiger partial charge in [0, 0.05) is 41.4 Å². The molecule has 2 atom stereocenters. The van der Waals surface area contributed by atoms with Crippen molar-refractivity contribution >= 4 is 40.7 Å². The quantitative estimate of drug-likeness (QED) is 0.367. The van der Waals surface area contributed by atoms with Crippen molar-refractivity contribution in [2.75, 3.05) is 25.4 Å². The summed E-state index contributed by atoms with van der Waals surface area (Å²) in [6.07, 6.45) is -2.46. The van der Waals surface area contributed by atoms with Crippen molar-refractivity contribution in [2.24, 2.45) is 5.73 Å². The topological polar surface area (TPSA) is 92.6 Å². The predicted octanol–water partition coefficient (Wildman–Crippen LogP) is 4.09. The summed E-state index contributed by atoms with van der Waals surface area (Å²) in [4.78, 5) is 7.05. The summed E-state index contributed by atoms with van der Waals surface area (Å²) >= 11 is 1.52. The third kappa shape index (κ3) is 5.24. The summed E-state index contributed by atoms with van der Waals surface area (Å²) in [5.74, 6) is 0.941. The van der Waals surface area contributed by atoms with Crippen molar-refractivity contribution in [1.82, 2.24) is 24.5 Å². The van der Waals surface area contributed by atoms with E-state index in [1.165, 1.54) is 28.9 Å². The van der Waals surface area contributed by atoms with E-state index >= 15 is 0 Å². The number of halogens is 4. The molecule has 0 aliphatic carbocycles. The minimum atomic E-state index is -4.45. The van der Waals surface area contributed by atoms with Crippen LogP contribution in [-0.4, -0.2) is 67.3 Å². The summed E-state index contributed by atoms with van der Waals surface area (Å²) < 4.78 is 43.8. The lowest BCUT2D eigenvalue weighted by Crippen LogP contribution is -2.38. The van der Waals surface area contributed by atoms with Crippen LogP contribution in [0.5, 0.6) is 0 Å². The first kappa shape index (κ1) is 25.6. The fourth-order valence-corrected chi connectivity index (χ4v) is 5.06. The Morgan fingerprint density at radius 2 is 1.94 bits per heavy atom. The maximum atomic E-state index is 14.1. The van der Waals surface area contributed by atoms with Gasteiger partial charge in [0.15, 0.2) is 11.5 Å². The number of hydrogen-bond acceptors (Lipinski definition) is 7. The lowest BCUT2D eigenvalue weighted by Gasteiger charge is -2.30. The van der Waals surface area contributed by atoms with Gasteiger partial charge in [-0.05, 0) is 36.2 Å². The van der Waals surface area contributed by atoms with Crippen molar-refractivity contribution in [3.63, 3.8) is 0 Å². The molecule has 0 amide bonds. The van der Waals surface area contributed by atoms with Crippen LogP contribution in [0, 0.1) is 0 Å². The summed E-state index contributed by atoms with van der Waals surface area (Å²) in [7, 11) is 0. The number of aliphatic hydroxyl groups excluding tert-OH is 1. The Morgan fingerprint density at radius 1 is 1.14 bits per heavy atom. The Balaban J connectivity index is 0.00000289. The molecule has 1 fully saturated rings. The van der Waals surface area contributed by atoms with Crippen LogP contribution in [0.15, 0.2) is 53.6 Å². The second kappa shape index (κ2) is 10.3. The molecule has 3 aromatic heterocycles. The predicted molar refractivity (Wildman–Crippen MR) is 132 cm³/mol. The maximum Gasteiger partial charge on any atom is 0.408 e. The van der Waals surface area contributed by atoms with Gasteiger partial charge in [-0.15, -0.1) is 34.4 Å². The summed E-state index contributed by atoms with van der Waals surface area (Å²) in [5, 5.41) is 18.3. The third-order valence-corrected chi connectivity index (χ3v) is 6.90. The number of pyridine rings is 2. The molecule has 0 saturated carbocycles. The van der Waals surface area contributed by atoms with E-state index in [1.54, 1.807) is 16.5 Å². The van der Waals surface area contributed by atoms with Crippen LogP contribution < -0.4 is 5.73 Å². The minimum Gasteiger partial charge on any atom is -0.396 e. The molecule has 0 bridgehead atoms. The van der Waals surface area contributed by atoms with Crippen molar-refractivity contribution < 1.29 is 18.3 Å². The Kier molecular flexibility index (Phi) is 7.53. The molecule has 7 nitrogen and oxygen atoms in total. The Morgan fingerprint density at radius 3 is 2.66 bits per heavy atom. The van der Waals surface area contributed by atoms with E-state index in [1.807, 2.05) is 24.3 Å². The molecule has 5 rings (SSSR count). The number of thioether (sulfide) groups is 1. The van der Waals surface area contributed by atoms with Gasteiger partial charge < -0.3 is 10.8 Å². The Hall–Kier alpha value is -2.44. The second-order valence-corrected chi connectivity index (χ2v) is 9.49. The average Bonchev–Trinajstić information content (AvgIpc) is 3.42. The van der Waals surface area contributed by atoms with Gasteiger partial charge in [0.25, 0.3) is 0 Å². The van der Waals surface area contributed by atoms with Crippen molar-refractivity contribution in [3.8, 4) is 11.5 Å². The zero-order chi connectivity index (χ0) is 23.9. The Bertz CT molecular complexity index is 1330. The first-order chi connectivity index (χ1) is 16.3. The summed E-state index contributed by atoms with van der Waals surface area (Å²) in [6.45, 7) is 0.563. The third-order valence-electron chi connectivity index (χ3n) is 5.92. The molecule has 1 aliphatic heterocycles. The number of hydrogen-bond donors (Lipinski definition) is 2. The van der Waals surface area contributed by atoms with Crippen LogP contribution in [0.4, 0.5) is 13.2 Å². The van der Waals surface area contributed by atoms with Gasteiger partial charge in [-0.1, -0.05) is 18.2 Å². The number of rotatable bonds is 6. The SMILES string of the molecule is Cl.NC1CCN([C@H](c2ccc3nnc(-c4ccc5ccc(SCCO)cc5n4)n3c2)C(F)(F)F)C1. The molecule has 4 heterocycles. The van der Waals surface area contributed by atoms with Crippen LogP contribution in [0.25, 0.3) is 28.1 Å². The smallest absolute Gasteiger partial charge is 0.396 e. The molecule has 12 heteroatoms. The molecule has 1 aliphatic rings.